The molecule has 0 rings (SSSR count). The van der Waals surface area contributed by atoms with Crippen molar-refractivity contribution in [1.29, 1.82) is 0 Å². The first kappa shape index (κ1) is 17.0. The predicted octanol–water partition coefficient (Wildman–Crippen LogP) is -5.41. The summed E-state index contributed by atoms with van der Waals surface area (Å²) in [6, 6.07) is 0. The van der Waals surface area contributed by atoms with E-state index in [-0.39, 0.29) is 0 Å². The molecule has 0 aliphatic heterocycles. The van der Waals surface area contributed by atoms with E-state index < -0.39 is 47.3 Å². The lowest BCUT2D eigenvalue weighted by molar-refractivity contribution is -0.142. The van der Waals surface area contributed by atoms with Gasteiger partial charge in [0.15, 0.2) is 5.78 Å². The van der Waals surface area contributed by atoms with Crippen molar-refractivity contribution in [3.63, 3.8) is 0 Å². The molecule has 0 saturated carbocycles. The zero-order valence-corrected chi connectivity index (χ0v) is 9.31. The Morgan fingerprint density at radius 1 is 1.13 bits per heavy atom. The van der Waals surface area contributed by atoms with Crippen LogP contribution < -0.4 is 0 Å². The molecule has 0 aromatic rings. The minimum absolute atomic E-state index is 0.767. The maximum atomic E-state index is 10.5. The molecular formula is C6H16O8Si. The molecule has 0 fully saturated rings. The maximum absolute atomic E-state index is 10.5. The van der Waals surface area contributed by atoms with E-state index in [1.807, 2.05) is 0 Å². The summed E-state index contributed by atoms with van der Waals surface area (Å²) >= 11 is 0. The van der Waals surface area contributed by atoms with Crippen LogP contribution in [0.1, 0.15) is 0 Å². The first-order valence-corrected chi connectivity index (χ1v) is 5.23. The van der Waals surface area contributed by atoms with Gasteiger partial charge >= 0.3 is 0 Å². The SMILES string of the molecule is O=C(CO)[C@H](O)[C@@H](O)[C@H](O)CO.O[SiH2]O. The molecule has 9 heteroatoms. The van der Waals surface area contributed by atoms with E-state index in [1.54, 1.807) is 0 Å². The lowest BCUT2D eigenvalue weighted by atomic mass is 10.1. The van der Waals surface area contributed by atoms with Crippen LogP contribution in [0.4, 0.5) is 0 Å². The molecule has 0 aromatic heterocycles. The van der Waals surface area contributed by atoms with Crippen LogP contribution in [0.3, 0.4) is 0 Å². The largest absolute Gasteiger partial charge is 0.415 e. The highest BCUT2D eigenvalue weighted by Gasteiger charge is 2.28. The second-order valence-corrected chi connectivity index (χ2v) is 2.73. The summed E-state index contributed by atoms with van der Waals surface area (Å²) < 4.78 is 0. The number of carbonyl (C=O) groups is 1. The molecule has 0 saturated heterocycles. The molecule has 0 bridgehead atoms. The van der Waals surface area contributed by atoms with Crippen molar-refractivity contribution < 1.29 is 39.9 Å². The molecule has 0 amide bonds. The zero-order chi connectivity index (χ0) is 12.4. The van der Waals surface area contributed by atoms with E-state index in [4.69, 9.17) is 35.1 Å². The second kappa shape index (κ2) is 10.1. The number of aliphatic hydroxyl groups excluding tert-OH is 5. The van der Waals surface area contributed by atoms with E-state index in [0.29, 0.717) is 0 Å². The lowest BCUT2D eigenvalue weighted by Gasteiger charge is -2.19. The quantitative estimate of drug-likeness (QED) is 0.236. The standard InChI is InChI=1S/C6H12O6.H4O2Si/c7-1-3(9)5(11)6(12)4(10)2-8;1-3-2/h3,5-9,11-12H,1-2H2;1-2H,3H2/t3-,5+,6+;/m1./s1. The number of hydrogen-bond donors (Lipinski definition) is 7. The van der Waals surface area contributed by atoms with Gasteiger partial charge < -0.3 is 35.1 Å². The molecule has 0 spiro atoms. The van der Waals surface area contributed by atoms with Gasteiger partial charge in [-0.1, -0.05) is 0 Å². The van der Waals surface area contributed by atoms with Crippen molar-refractivity contribution in [2.75, 3.05) is 13.2 Å². The Morgan fingerprint density at radius 2 is 1.53 bits per heavy atom. The van der Waals surface area contributed by atoms with Crippen LogP contribution >= 0.6 is 0 Å². The molecule has 0 radical (unpaired) electrons. The van der Waals surface area contributed by atoms with Gasteiger partial charge in [0.05, 0.1) is 6.61 Å². The smallest absolute Gasteiger partial charge is 0.299 e. The monoisotopic (exact) mass is 244 g/mol. The third-order valence-electron chi connectivity index (χ3n) is 1.39. The number of Topliss-reactive ketones (excluding diaryl/α,β-unsaturated/α-hetero) is 1. The molecule has 0 aliphatic carbocycles. The summed E-state index contributed by atoms with van der Waals surface area (Å²) in [5.41, 5.74) is 0. The van der Waals surface area contributed by atoms with Gasteiger partial charge in [-0.3, -0.25) is 4.79 Å². The van der Waals surface area contributed by atoms with Crippen molar-refractivity contribution in [1.82, 2.24) is 0 Å². The number of rotatable bonds is 5. The molecule has 8 nitrogen and oxygen atoms in total. The van der Waals surface area contributed by atoms with Gasteiger partial charge in [-0.25, -0.2) is 0 Å². The fourth-order valence-corrected chi connectivity index (χ4v) is 0.602. The Bertz CT molecular complexity index is 165. The summed E-state index contributed by atoms with van der Waals surface area (Å²) in [4.78, 5) is 25.0. The van der Waals surface area contributed by atoms with Crippen molar-refractivity contribution in [2.45, 2.75) is 18.3 Å². The molecule has 15 heavy (non-hydrogen) atoms. The number of aliphatic hydroxyl groups is 5. The van der Waals surface area contributed by atoms with Gasteiger partial charge in [0.25, 0.3) is 10.0 Å². The van der Waals surface area contributed by atoms with Gasteiger partial charge in [0, 0.05) is 0 Å². The third kappa shape index (κ3) is 7.53. The van der Waals surface area contributed by atoms with Crippen molar-refractivity contribution >= 4 is 15.8 Å². The second-order valence-electron chi connectivity index (χ2n) is 2.45. The summed E-state index contributed by atoms with van der Waals surface area (Å²) in [5.74, 6) is -1.00. The van der Waals surface area contributed by atoms with Gasteiger partial charge in [-0.05, 0) is 0 Å². The first-order chi connectivity index (χ1) is 6.95. The maximum Gasteiger partial charge on any atom is 0.299 e. The van der Waals surface area contributed by atoms with Gasteiger partial charge in [-0.15, -0.1) is 0 Å². The van der Waals surface area contributed by atoms with Crippen LogP contribution in [0, 0.1) is 0 Å². The molecule has 92 valence electrons. The van der Waals surface area contributed by atoms with E-state index in [2.05, 4.69) is 0 Å². The molecule has 3 atom stereocenters. The number of hydrogen-bond acceptors (Lipinski definition) is 8. The average Bonchev–Trinajstić information content (AvgIpc) is 2.25. The predicted molar refractivity (Wildman–Crippen MR) is 50.2 cm³/mol. The molecule has 7 N–H and O–H groups in total. The van der Waals surface area contributed by atoms with E-state index in [0.717, 1.165) is 0 Å². The first-order valence-electron chi connectivity index (χ1n) is 3.96. The van der Waals surface area contributed by atoms with E-state index >= 15 is 0 Å². The summed E-state index contributed by atoms with van der Waals surface area (Å²) in [5, 5.41) is 43.1. The summed E-state index contributed by atoms with van der Waals surface area (Å²) in [6.07, 6.45) is -5.22. The Labute approximate surface area is 88.1 Å². The Morgan fingerprint density at radius 3 is 1.80 bits per heavy atom. The third-order valence-corrected chi connectivity index (χ3v) is 1.39. The van der Waals surface area contributed by atoms with E-state index in [9.17, 15) is 4.79 Å². The Balaban J connectivity index is 0. The van der Waals surface area contributed by atoms with Crippen LogP contribution in [0.15, 0.2) is 0 Å². The highest BCUT2D eigenvalue weighted by atomic mass is 28.2. The van der Waals surface area contributed by atoms with Gasteiger partial charge in [-0.2, -0.15) is 0 Å². The topological polar surface area (TPSA) is 159 Å². The molecule has 0 unspecified atom stereocenters. The highest BCUT2D eigenvalue weighted by Crippen LogP contribution is 2.00. The summed E-state index contributed by atoms with van der Waals surface area (Å²) in [6.45, 7) is -1.69. The van der Waals surface area contributed by atoms with E-state index in [1.165, 1.54) is 0 Å². The van der Waals surface area contributed by atoms with Crippen molar-refractivity contribution in [3.8, 4) is 0 Å². The van der Waals surface area contributed by atoms with Crippen LogP contribution in [0.5, 0.6) is 0 Å². The number of carbonyl (C=O) groups excluding carboxylic acids is 1. The minimum atomic E-state index is -1.86. The molecular weight excluding hydrogens is 228 g/mol. The number of ketones is 1. The Kier molecular flexibility index (Phi) is 11.5. The fourth-order valence-electron chi connectivity index (χ4n) is 0.602. The van der Waals surface area contributed by atoms with Gasteiger partial charge in [0.1, 0.15) is 24.9 Å². The minimum Gasteiger partial charge on any atom is -0.415 e. The normalized spacial score (nSPS) is 15.9. The van der Waals surface area contributed by atoms with Gasteiger partial charge in [0.2, 0.25) is 0 Å². The molecule has 0 aromatic carbocycles. The van der Waals surface area contributed by atoms with Crippen LogP contribution in [-0.2, 0) is 4.79 Å². The van der Waals surface area contributed by atoms with Crippen molar-refractivity contribution in [3.05, 3.63) is 0 Å². The lowest BCUT2D eigenvalue weighted by Crippen LogP contribution is -2.44. The average molecular weight is 244 g/mol. The summed E-state index contributed by atoms with van der Waals surface area (Å²) in [7, 11) is -1.58. The highest BCUT2D eigenvalue weighted by molar-refractivity contribution is 6.13. The Hall–Kier alpha value is -0.393. The molecule has 0 aliphatic rings. The fraction of sp³-hybridized carbons (Fsp3) is 0.833. The van der Waals surface area contributed by atoms with Crippen LogP contribution in [-0.4, -0.2) is 82.4 Å². The van der Waals surface area contributed by atoms with Crippen LogP contribution in [0.25, 0.3) is 0 Å². The van der Waals surface area contributed by atoms with Crippen molar-refractivity contribution in [2.24, 2.45) is 0 Å². The molecule has 0 heterocycles. The zero-order valence-electron chi connectivity index (χ0n) is 7.89. The van der Waals surface area contributed by atoms with Crippen LogP contribution in [0.2, 0.25) is 0 Å².